The number of oxazole rings is 1. The number of aliphatic hydroxyl groups is 1. The fourth-order valence-corrected chi connectivity index (χ4v) is 8.70. The van der Waals surface area contributed by atoms with Crippen molar-refractivity contribution in [1.82, 2.24) is 9.97 Å². The van der Waals surface area contributed by atoms with Crippen LogP contribution in [0.5, 0.6) is 0 Å². The Balaban J connectivity index is 1.25. The molecule has 0 aromatic carbocycles. The second-order valence-corrected chi connectivity index (χ2v) is 12.2. The van der Waals surface area contributed by atoms with Gasteiger partial charge >= 0.3 is 0 Å². The van der Waals surface area contributed by atoms with Crippen molar-refractivity contribution in [3.8, 4) is 0 Å². The molecule has 4 aliphatic rings. The van der Waals surface area contributed by atoms with Crippen molar-refractivity contribution in [3.05, 3.63) is 30.0 Å². The highest BCUT2D eigenvalue weighted by Crippen LogP contribution is 2.66. The monoisotopic (exact) mass is 494 g/mol. The van der Waals surface area contributed by atoms with Crippen molar-refractivity contribution in [3.63, 3.8) is 0 Å². The Morgan fingerprint density at radius 3 is 2.86 bits per heavy atom. The molecule has 2 heterocycles. The average Bonchev–Trinajstić information content (AvgIpc) is 3.36. The van der Waals surface area contributed by atoms with Crippen LogP contribution < -0.4 is 0 Å². The lowest BCUT2D eigenvalue weighted by Crippen LogP contribution is -2.60. The summed E-state index contributed by atoms with van der Waals surface area (Å²) >= 11 is 1.16. The molecule has 6 atom stereocenters. The summed E-state index contributed by atoms with van der Waals surface area (Å²) in [6.07, 6.45) is 7.59. The van der Waals surface area contributed by atoms with Crippen molar-refractivity contribution in [2.45, 2.75) is 69.6 Å². The first-order valence-electron chi connectivity index (χ1n) is 12.5. The highest BCUT2D eigenvalue weighted by molar-refractivity contribution is 7.99. The van der Waals surface area contributed by atoms with E-state index in [-0.39, 0.29) is 52.7 Å². The van der Waals surface area contributed by atoms with Gasteiger partial charge in [0.2, 0.25) is 0 Å². The van der Waals surface area contributed by atoms with Crippen LogP contribution in [0.2, 0.25) is 0 Å². The molecule has 4 aliphatic carbocycles. The Kier molecular flexibility index (Phi) is 5.17. The first kappa shape index (κ1) is 23.1. The molecule has 8 heteroatoms. The number of rotatable bonds is 4. The molecule has 0 radical (unpaired) electrons. The van der Waals surface area contributed by atoms with Gasteiger partial charge in [0, 0.05) is 30.4 Å². The van der Waals surface area contributed by atoms with Crippen molar-refractivity contribution < 1.29 is 23.9 Å². The number of fused-ring (bicyclic) bond motifs is 6. The van der Waals surface area contributed by atoms with E-state index >= 15 is 0 Å². The Morgan fingerprint density at radius 1 is 1.23 bits per heavy atom. The van der Waals surface area contributed by atoms with Crippen LogP contribution >= 0.6 is 11.8 Å². The molecule has 0 amide bonds. The number of pyridine rings is 1. The summed E-state index contributed by atoms with van der Waals surface area (Å²) in [7, 11) is 0. The molecular weight excluding hydrogens is 464 g/mol. The van der Waals surface area contributed by atoms with Crippen LogP contribution in [0.25, 0.3) is 11.2 Å². The number of hydrogen-bond donors (Lipinski definition) is 1. The Hall–Kier alpha value is -2.32. The van der Waals surface area contributed by atoms with Gasteiger partial charge in [-0.1, -0.05) is 31.2 Å². The van der Waals surface area contributed by atoms with Gasteiger partial charge in [0.25, 0.3) is 5.22 Å². The number of hydrogen-bond acceptors (Lipinski definition) is 8. The molecule has 2 aromatic rings. The summed E-state index contributed by atoms with van der Waals surface area (Å²) in [5.74, 6) is 0.176. The second-order valence-electron chi connectivity index (χ2n) is 11.3. The third kappa shape index (κ3) is 3.25. The minimum Gasteiger partial charge on any atom is -0.430 e. The minimum atomic E-state index is -1.55. The first-order chi connectivity index (χ1) is 16.7. The Morgan fingerprint density at radius 2 is 2.06 bits per heavy atom. The molecule has 3 fully saturated rings. The zero-order valence-electron chi connectivity index (χ0n) is 20.1. The summed E-state index contributed by atoms with van der Waals surface area (Å²) < 4.78 is 5.67. The number of Topliss-reactive ketones (excluding diaryl/α,β-unsaturated/α-hetero) is 2. The molecule has 1 N–H and O–H groups in total. The summed E-state index contributed by atoms with van der Waals surface area (Å²) in [5, 5.41) is 12.2. The summed E-state index contributed by atoms with van der Waals surface area (Å²) in [6, 6.07) is 3.53. The molecule has 35 heavy (non-hydrogen) atoms. The van der Waals surface area contributed by atoms with Crippen LogP contribution in [0.15, 0.2) is 39.6 Å². The van der Waals surface area contributed by atoms with Gasteiger partial charge in [-0.2, -0.15) is 4.98 Å². The zero-order chi connectivity index (χ0) is 24.6. The van der Waals surface area contributed by atoms with E-state index in [1.165, 1.54) is 0 Å². The highest BCUT2D eigenvalue weighted by Gasteiger charge is 2.68. The number of ketones is 3. The topological polar surface area (TPSA) is 110 Å². The molecule has 0 spiro atoms. The van der Waals surface area contributed by atoms with Crippen LogP contribution in [0, 0.1) is 28.6 Å². The van der Waals surface area contributed by atoms with Crippen molar-refractivity contribution >= 4 is 40.3 Å². The summed E-state index contributed by atoms with van der Waals surface area (Å²) in [5.41, 5.74) is -0.441. The quantitative estimate of drug-likeness (QED) is 0.626. The van der Waals surface area contributed by atoms with E-state index in [1.807, 2.05) is 6.92 Å². The lowest BCUT2D eigenvalue weighted by atomic mass is 9.46. The molecule has 5 unspecified atom stereocenters. The van der Waals surface area contributed by atoms with E-state index in [0.29, 0.717) is 35.7 Å². The van der Waals surface area contributed by atoms with Crippen LogP contribution in [0.1, 0.15) is 58.8 Å². The van der Waals surface area contributed by atoms with Crippen molar-refractivity contribution in [2.24, 2.45) is 28.6 Å². The van der Waals surface area contributed by atoms with Crippen LogP contribution in [-0.4, -0.2) is 43.8 Å². The molecule has 0 bridgehead atoms. The minimum absolute atomic E-state index is 0.0284. The number of thioether (sulfide) groups is 1. The van der Waals surface area contributed by atoms with Crippen LogP contribution in [0.3, 0.4) is 0 Å². The SMILES string of the molecule is CC12CCC(=O)C=C1CCC1C2C(=O)CC2(C)C1CC[C@]2(O)C(=O)CSc1nc2ncccc2o1. The number of nitrogens with zero attached hydrogens (tertiary/aromatic N) is 2. The highest BCUT2D eigenvalue weighted by atomic mass is 32.2. The van der Waals surface area contributed by atoms with Gasteiger partial charge in [-0.3, -0.25) is 14.4 Å². The Labute approximate surface area is 208 Å². The fraction of sp³-hybridized carbons (Fsp3) is 0.593. The van der Waals surface area contributed by atoms with Gasteiger partial charge in [-0.15, -0.1) is 0 Å². The van der Waals surface area contributed by atoms with Gasteiger partial charge in [0.15, 0.2) is 22.8 Å². The van der Waals surface area contributed by atoms with E-state index in [2.05, 4.69) is 16.9 Å². The predicted molar refractivity (Wildman–Crippen MR) is 130 cm³/mol. The maximum atomic E-state index is 13.7. The van der Waals surface area contributed by atoms with Crippen molar-refractivity contribution in [2.75, 3.05) is 5.75 Å². The number of aromatic nitrogens is 2. The van der Waals surface area contributed by atoms with E-state index < -0.39 is 11.0 Å². The molecular formula is C27H30N2O5S. The first-order valence-corrected chi connectivity index (χ1v) is 13.5. The maximum absolute atomic E-state index is 13.7. The van der Waals surface area contributed by atoms with E-state index in [1.54, 1.807) is 24.4 Å². The molecule has 184 valence electrons. The molecule has 7 nitrogen and oxygen atoms in total. The van der Waals surface area contributed by atoms with Crippen LogP contribution in [-0.2, 0) is 14.4 Å². The molecule has 0 aliphatic heterocycles. The van der Waals surface area contributed by atoms with Gasteiger partial charge in [0.1, 0.15) is 11.4 Å². The molecule has 2 aromatic heterocycles. The third-order valence-corrected chi connectivity index (χ3v) is 10.6. The summed E-state index contributed by atoms with van der Waals surface area (Å²) in [4.78, 5) is 47.8. The Bertz CT molecular complexity index is 1250. The second kappa shape index (κ2) is 7.84. The third-order valence-electron chi connectivity index (χ3n) is 9.74. The predicted octanol–water partition coefficient (Wildman–Crippen LogP) is 4.33. The van der Waals surface area contributed by atoms with Crippen LogP contribution in [0.4, 0.5) is 0 Å². The zero-order valence-corrected chi connectivity index (χ0v) is 20.9. The maximum Gasteiger partial charge on any atom is 0.258 e. The number of carbonyl (C=O) groups is 3. The average molecular weight is 495 g/mol. The van der Waals surface area contributed by atoms with E-state index in [9.17, 15) is 19.5 Å². The molecule has 3 saturated carbocycles. The normalized spacial score (nSPS) is 38.6. The standard InChI is InChI=1S/C27H30N2O5S/c1-25-9-7-16(30)12-15(25)5-6-17-18-8-10-27(33,26(18,2)13-19(31)22(17)25)21(32)14-35-24-29-23-20(34-24)4-3-11-28-23/h3-4,11-12,17-18,22,33H,5-10,13-14H2,1-2H3/t17?,18?,22?,25?,26?,27-/m0/s1. The van der Waals surface area contributed by atoms with E-state index in [4.69, 9.17) is 4.42 Å². The van der Waals surface area contributed by atoms with Gasteiger partial charge in [-0.05, 0) is 67.6 Å². The molecule has 6 rings (SSSR count). The van der Waals surface area contributed by atoms with Gasteiger partial charge < -0.3 is 9.52 Å². The lowest BCUT2D eigenvalue weighted by molar-refractivity contribution is -0.167. The summed E-state index contributed by atoms with van der Waals surface area (Å²) in [6.45, 7) is 4.10. The largest absolute Gasteiger partial charge is 0.430 e. The number of carbonyl (C=O) groups excluding carboxylic acids is 3. The van der Waals surface area contributed by atoms with Gasteiger partial charge in [-0.25, -0.2) is 4.98 Å². The van der Waals surface area contributed by atoms with Crippen molar-refractivity contribution in [1.29, 1.82) is 0 Å². The van der Waals surface area contributed by atoms with E-state index in [0.717, 1.165) is 36.6 Å². The van der Waals surface area contributed by atoms with Gasteiger partial charge in [0.05, 0.1) is 5.75 Å². The number of allylic oxidation sites excluding steroid dienone is 1. The smallest absolute Gasteiger partial charge is 0.258 e. The lowest BCUT2D eigenvalue weighted by Gasteiger charge is -2.57. The fourth-order valence-electron chi connectivity index (χ4n) is 7.90. The molecule has 0 saturated heterocycles.